The first-order chi connectivity index (χ1) is 7.54. The van der Waals surface area contributed by atoms with E-state index in [0.29, 0.717) is 5.56 Å². The van der Waals surface area contributed by atoms with E-state index in [-0.39, 0.29) is 17.1 Å². The van der Waals surface area contributed by atoms with E-state index < -0.39 is 5.91 Å². The zero-order valence-electron chi connectivity index (χ0n) is 9.15. The number of nitrogens with one attached hydrogen (secondary N) is 1. The van der Waals surface area contributed by atoms with Crippen LogP contribution in [0.4, 0.5) is 0 Å². The Hall–Kier alpha value is -2.10. The van der Waals surface area contributed by atoms with Crippen LogP contribution in [0.5, 0.6) is 5.75 Å². The third-order valence-corrected chi connectivity index (χ3v) is 2.06. The highest BCUT2D eigenvalue weighted by atomic mass is 16.3. The van der Waals surface area contributed by atoms with Gasteiger partial charge in [-0.1, -0.05) is 12.1 Å². The predicted molar refractivity (Wildman–Crippen MR) is 60.8 cm³/mol. The second-order valence-electron chi connectivity index (χ2n) is 3.28. The van der Waals surface area contributed by atoms with Crippen LogP contribution in [0.2, 0.25) is 0 Å². The lowest BCUT2D eigenvalue weighted by atomic mass is 10.1. The number of rotatable bonds is 3. The minimum atomic E-state index is -0.416. The molecule has 0 atom stereocenters. The summed E-state index contributed by atoms with van der Waals surface area (Å²) in [6, 6.07) is 6.24. The van der Waals surface area contributed by atoms with E-state index in [2.05, 4.69) is 5.32 Å². The molecular formula is C12H13NO3. The van der Waals surface area contributed by atoms with Crippen LogP contribution in [-0.4, -0.2) is 23.8 Å². The van der Waals surface area contributed by atoms with Crippen LogP contribution in [0.3, 0.4) is 0 Å². The van der Waals surface area contributed by atoms with Crippen molar-refractivity contribution in [1.82, 2.24) is 5.32 Å². The average molecular weight is 219 g/mol. The number of phenolic OH excluding ortho intramolecular Hbond substituents is 1. The maximum atomic E-state index is 11.4. The molecule has 1 aromatic carbocycles. The topological polar surface area (TPSA) is 66.4 Å². The predicted octanol–water partition coefficient (Wildman–Crippen LogP) is 1.11. The summed E-state index contributed by atoms with van der Waals surface area (Å²) in [4.78, 5) is 22.6. The van der Waals surface area contributed by atoms with Crippen molar-refractivity contribution in [2.24, 2.45) is 0 Å². The Kier molecular flexibility index (Phi) is 3.83. The Labute approximate surface area is 93.6 Å². The molecule has 0 aromatic heterocycles. The van der Waals surface area contributed by atoms with Crippen LogP contribution in [0.1, 0.15) is 12.5 Å². The van der Waals surface area contributed by atoms with Crippen LogP contribution in [0.15, 0.2) is 29.8 Å². The van der Waals surface area contributed by atoms with Gasteiger partial charge in [0, 0.05) is 7.05 Å². The normalized spacial score (nSPS) is 11.0. The molecule has 4 nitrogen and oxygen atoms in total. The van der Waals surface area contributed by atoms with Crippen molar-refractivity contribution in [1.29, 1.82) is 0 Å². The molecule has 2 N–H and O–H groups in total. The van der Waals surface area contributed by atoms with Gasteiger partial charge < -0.3 is 10.4 Å². The largest absolute Gasteiger partial charge is 0.508 e. The van der Waals surface area contributed by atoms with Gasteiger partial charge in [-0.2, -0.15) is 0 Å². The highest BCUT2D eigenvalue weighted by Crippen LogP contribution is 2.13. The first-order valence-electron chi connectivity index (χ1n) is 4.78. The minimum absolute atomic E-state index is 0.0909. The molecule has 16 heavy (non-hydrogen) atoms. The van der Waals surface area contributed by atoms with Crippen molar-refractivity contribution in [2.75, 3.05) is 7.05 Å². The molecule has 0 saturated carbocycles. The van der Waals surface area contributed by atoms with E-state index >= 15 is 0 Å². The molecule has 0 fully saturated rings. The Morgan fingerprint density at radius 1 is 1.25 bits per heavy atom. The van der Waals surface area contributed by atoms with E-state index in [1.165, 1.54) is 32.2 Å². The van der Waals surface area contributed by atoms with Gasteiger partial charge in [-0.25, -0.2) is 0 Å². The van der Waals surface area contributed by atoms with Crippen molar-refractivity contribution in [3.63, 3.8) is 0 Å². The van der Waals surface area contributed by atoms with E-state index in [1.54, 1.807) is 12.1 Å². The fraction of sp³-hybridized carbons (Fsp3) is 0.167. The average Bonchev–Trinajstić information content (AvgIpc) is 2.27. The SMILES string of the molecule is CNC(=O)C(=Cc1ccc(O)cc1)C(C)=O. The molecule has 0 spiro atoms. The molecule has 84 valence electrons. The molecule has 0 radical (unpaired) electrons. The molecule has 0 bridgehead atoms. The minimum Gasteiger partial charge on any atom is -0.508 e. The summed E-state index contributed by atoms with van der Waals surface area (Å²) in [7, 11) is 1.47. The lowest BCUT2D eigenvalue weighted by Gasteiger charge is -2.02. The van der Waals surface area contributed by atoms with E-state index in [0.717, 1.165) is 0 Å². The Balaban J connectivity index is 3.07. The van der Waals surface area contributed by atoms with Crippen LogP contribution in [0, 0.1) is 0 Å². The zero-order valence-corrected chi connectivity index (χ0v) is 9.15. The molecule has 4 heteroatoms. The van der Waals surface area contributed by atoms with Crippen LogP contribution in [0.25, 0.3) is 6.08 Å². The van der Waals surface area contributed by atoms with E-state index in [4.69, 9.17) is 5.11 Å². The summed E-state index contributed by atoms with van der Waals surface area (Å²) >= 11 is 0. The highest BCUT2D eigenvalue weighted by molar-refractivity contribution is 6.21. The molecule has 0 aliphatic carbocycles. The molecule has 0 aliphatic heterocycles. The van der Waals surface area contributed by atoms with Crippen LogP contribution >= 0.6 is 0 Å². The first-order valence-corrected chi connectivity index (χ1v) is 4.78. The van der Waals surface area contributed by atoms with Gasteiger partial charge in [0.2, 0.25) is 0 Å². The van der Waals surface area contributed by atoms with Crippen LogP contribution in [-0.2, 0) is 9.59 Å². The maximum Gasteiger partial charge on any atom is 0.254 e. The Morgan fingerprint density at radius 2 is 1.81 bits per heavy atom. The third-order valence-electron chi connectivity index (χ3n) is 2.06. The number of benzene rings is 1. The smallest absolute Gasteiger partial charge is 0.254 e. The van der Waals surface area contributed by atoms with E-state index in [1.807, 2.05) is 0 Å². The van der Waals surface area contributed by atoms with Crippen molar-refractivity contribution >= 4 is 17.8 Å². The third kappa shape index (κ3) is 2.95. The molecular weight excluding hydrogens is 206 g/mol. The van der Waals surface area contributed by atoms with Gasteiger partial charge in [-0.15, -0.1) is 0 Å². The molecule has 0 heterocycles. The number of phenols is 1. The summed E-state index contributed by atoms with van der Waals surface area (Å²) in [6.07, 6.45) is 1.49. The van der Waals surface area contributed by atoms with Crippen LogP contribution < -0.4 is 5.32 Å². The Morgan fingerprint density at radius 3 is 2.25 bits per heavy atom. The highest BCUT2D eigenvalue weighted by Gasteiger charge is 2.12. The molecule has 0 saturated heterocycles. The summed E-state index contributed by atoms with van der Waals surface area (Å²) in [5.41, 5.74) is 0.778. The van der Waals surface area contributed by atoms with Gasteiger partial charge in [-0.3, -0.25) is 9.59 Å². The van der Waals surface area contributed by atoms with Gasteiger partial charge >= 0.3 is 0 Å². The number of likely N-dealkylation sites (N-methyl/N-ethyl adjacent to an activating group) is 1. The lowest BCUT2D eigenvalue weighted by molar-refractivity contribution is -0.121. The van der Waals surface area contributed by atoms with Gasteiger partial charge in [0.25, 0.3) is 5.91 Å². The fourth-order valence-corrected chi connectivity index (χ4v) is 1.20. The molecule has 1 aromatic rings. The number of aromatic hydroxyl groups is 1. The second kappa shape index (κ2) is 5.11. The first kappa shape index (κ1) is 12.0. The summed E-state index contributed by atoms with van der Waals surface area (Å²) in [5.74, 6) is -0.575. The van der Waals surface area contributed by atoms with Gasteiger partial charge in [0.1, 0.15) is 5.75 Å². The maximum absolute atomic E-state index is 11.4. The van der Waals surface area contributed by atoms with Gasteiger partial charge in [0.15, 0.2) is 5.78 Å². The Bertz CT molecular complexity index is 432. The number of carbonyl (C=O) groups excluding carboxylic acids is 2. The quantitative estimate of drug-likeness (QED) is 0.454. The number of ketones is 1. The summed E-state index contributed by atoms with van der Waals surface area (Å²) in [5, 5.41) is 11.5. The molecule has 0 unspecified atom stereocenters. The number of Topliss-reactive ketones (excluding diaryl/α,β-unsaturated/α-hetero) is 1. The standard InChI is InChI=1S/C12H13NO3/c1-8(14)11(12(16)13-2)7-9-3-5-10(15)6-4-9/h3-7,15H,1-2H3,(H,13,16). The molecule has 1 rings (SSSR count). The van der Waals surface area contributed by atoms with Gasteiger partial charge in [0.05, 0.1) is 5.57 Å². The van der Waals surface area contributed by atoms with Crippen molar-refractivity contribution < 1.29 is 14.7 Å². The number of carbonyl (C=O) groups is 2. The molecule has 1 amide bonds. The fourth-order valence-electron chi connectivity index (χ4n) is 1.20. The summed E-state index contributed by atoms with van der Waals surface area (Å²) < 4.78 is 0. The van der Waals surface area contributed by atoms with Crippen molar-refractivity contribution in [3.8, 4) is 5.75 Å². The van der Waals surface area contributed by atoms with E-state index in [9.17, 15) is 9.59 Å². The number of amides is 1. The number of hydrogen-bond acceptors (Lipinski definition) is 3. The number of hydrogen-bond donors (Lipinski definition) is 2. The van der Waals surface area contributed by atoms with Crippen molar-refractivity contribution in [2.45, 2.75) is 6.92 Å². The van der Waals surface area contributed by atoms with Crippen molar-refractivity contribution in [3.05, 3.63) is 35.4 Å². The van der Waals surface area contributed by atoms with Gasteiger partial charge in [-0.05, 0) is 30.7 Å². The second-order valence-corrected chi connectivity index (χ2v) is 3.28. The zero-order chi connectivity index (χ0) is 12.1. The lowest BCUT2D eigenvalue weighted by Crippen LogP contribution is -2.23. The summed E-state index contributed by atoms with van der Waals surface area (Å²) in [6.45, 7) is 1.33. The molecule has 0 aliphatic rings. The monoisotopic (exact) mass is 219 g/mol.